The lowest BCUT2D eigenvalue weighted by molar-refractivity contribution is 0.410. The Morgan fingerprint density at radius 3 is 2.89 bits per heavy atom. The summed E-state index contributed by atoms with van der Waals surface area (Å²) in [5.41, 5.74) is 2.68. The molecule has 1 fully saturated rings. The molecule has 0 heterocycles. The molecule has 0 radical (unpaired) electrons. The maximum atomic E-state index is 5.37. The van der Waals surface area contributed by atoms with Gasteiger partial charge in [-0.3, -0.25) is 0 Å². The van der Waals surface area contributed by atoms with Crippen molar-refractivity contribution in [2.45, 2.75) is 38.6 Å². The van der Waals surface area contributed by atoms with Crippen molar-refractivity contribution >= 4 is 0 Å². The summed E-state index contributed by atoms with van der Waals surface area (Å²) in [5.74, 6) is 0.987. The van der Waals surface area contributed by atoms with Crippen LogP contribution in [0.5, 0.6) is 5.75 Å². The van der Waals surface area contributed by atoms with Crippen LogP contribution in [-0.2, 0) is 6.42 Å². The molecule has 2 nitrogen and oxygen atoms in total. The molecular formula is C16H23NO. The van der Waals surface area contributed by atoms with Crippen molar-refractivity contribution in [2.24, 2.45) is 0 Å². The quantitative estimate of drug-likeness (QED) is 0.587. The van der Waals surface area contributed by atoms with Crippen molar-refractivity contribution in [3.63, 3.8) is 0 Å². The van der Waals surface area contributed by atoms with Gasteiger partial charge in [-0.25, -0.2) is 0 Å². The SMILES string of the molecule is COc1ccccc1CC(C)=CCCNC1CC1. The fourth-order valence-electron chi connectivity index (χ4n) is 2.12. The lowest BCUT2D eigenvalue weighted by Crippen LogP contribution is -2.16. The minimum Gasteiger partial charge on any atom is -0.496 e. The molecule has 1 N–H and O–H groups in total. The maximum absolute atomic E-state index is 5.37. The van der Waals surface area contributed by atoms with E-state index in [1.165, 1.54) is 24.0 Å². The molecule has 0 bridgehead atoms. The van der Waals surface area contributed by atoms with Crippen LogP contribution in [0.1, 0.15) is 31.7 Å². The van der Waals surface area contributed by atoms with Crippen LogP contribution in [0.25, 0.3) is 0 Å². The molecule has 18 heavy (non-hydrogen) atoms. The minimum atomic E-state index is 0.813. The van der Waals surface area contributed by atoms with Gasteiger partial charge >= 0.3 is 0 Å². The van der Waals surface area contributed by atoms with Gasteiger partial charge in [0.25, 0.3) is 0 Å². The van der Waals surface area contributed by atoms with Gasteiger partial charge in [0, 0.05) is 6.04 Å². The van der Waals surface area contributed by atoms with Crippen LogP contribution < -0.4 is 10.1 Å². The minimum absolute atomic E-state index is 0.813. The van der Waals surface area contributed by atoms with Crippen molar-refractivity contribution in [3.05, 3.63) is 41.5 Å². The summed E-state index contributed by atoms with van der Waals surface area (Å²) in [6, 6.07) is 9.06. The van der Waals surface area contributed by atoms with E-state index in [1.807, 2.05) is 12.1 Å². The van der Waals surface area contributed by atoms with Gasteiger partial charge in [-0.15, -0.1) is 0 Å². The highest BCUT2D eigenvalue weighted by atomic mass is 16.5. The first-order valence-corrected chi connectivity index (χ1v) is 6.80. The van der Waals surface area contributed by atoms with E-state index >= 15 is 0 Å². The number of ether oxygens (including phenoxy) is 1. The molecule has 0 unspecified atom stereocenters. The Balaban J connectivity index is 1.80. The Morgan fingerprint density at radius 2 is 2.17 bits per heavy atom. The highest BCUT2D eigenvalue weighted by Gasteiger charge is 2.19. The molecule has 1 aliphatic carbocycles. The fourth-order valence-corrected chi connectivity index (χ4v) is 2.12. The summed E-state index contributed by atoms with van der Waals surface area (Å²) in [6.45, 7) is 3.30. The molecule has 0 amide bonds. The van der Waals surface area contributed by atoms with Crippen molar-refractivity contribution < 1.29 is 4.74 Å². The molecule has 0 atom stereocenters. The average Bonchev–Trinajstić information content (AvgIpc) is 3.19. The first-order valence-electron chi connectivity index (χ1n) is 6.80. The molecule has 1 aromatic carbocycles. The van der Waals surface area contributed by atoms with E-state index in [4.69, 9.17) is 4.74 Å². The van der Waals surface area contributed by atoms with Gasteiger partial charge < -0.3 is 10.1 Å². The number of nitrogens with one attached hydrogen (secondary N) is 1. The summed E-state index contributed by atoms with van der Waals surface area (Å²) < 4.78 is 5.37. The van der Waals surface area contributed by atoms with Crippen LogP contribution in [0.4, 0.5) is 0 Å². The Morgan fingerprint density at radius 1 is 1.39 bits per heavy atom. The Labute approximate surface area is 110 Å². The zero-order valence-electron chi connectivity index (χ0n) is 11.4. The second kappa shape index (κ2) is 6.60. The predicted molar refractivity (Wildman–Crippen MR) is 76.1 cm³/mol. The van der Waals surface area contributed by atoms with E-state index in [-0.39, 0.29) is 0 Å². The molecule has 0 spiro atoms. The van der Waals surface area contributed by atoms with E-state index < -0.39 is 0 Å². The molecule has 1 saturated carbocycles. The van der Waals surface area contributed by atoms with E-state index in [0.29, 0.717) is 0 Å². The maximum Gasteiger partial charge on any atom is 0.122 e. The van der Waals surface area contributed by atoms with Gasteiger partial charge in [0.05, 0.1) is 7.11 Å². The summed E-state index contributed by atoms with van der Waals surface area (Å²) in [6.07, 6.45) is 7.17. The standard InChI is InChI=1S/C16H23NO/c1-13(6-5-11-17-15-9-10-15)12-14-7-3-4-8-16(14)18-2/h3-4,6-8,15,17H,5,9-12H2,1-2H3. The van der Waals surface area contributed by atoms with E-state index in [0.717, 1.165) is 31.2 Å². The van der Waals surface area contributed by atoms with Crippen molar-refractivity contribution in [1.82, 2.24) is 5.32 Å². The number of hydrogen-bond acceptors (Lipinski definition) is 2. The fraction of sp³-hybridized carbons (Fsp3) is 0.500. The van der Waals surface area contributed by atoms with Crippen molar-refractivity contribution in [3.8, 4) is 5.75 Å². The van der Waals surface area contributed by atoms with E-state index in [9.17, 15) is 0 Å². The Kier molecular flexibility index (Phi) is 4.82. The van der Waals surface area contributed by atoms with Gasteiger partial charge in [0.1, 0.15) is 5.75 Å². The smallest absolute Gasteiger partial charge is 0.122 e. The average molecular weight is 245 g/mol. The zero-order chi connectivity index (χ0) is 12.8. The third kappa shape index (κ3) is 4.19. The second-order valence-corrected chi connectivity index (χ2v) is 5.06. The molecule has 0 aromatic heterocycles. The van der Waals surface area contributed by atoms with Crippen LogP contribution in [0.15, 0.2) is 35.9 Å². The Hall–Kier alpha value is -1.28. The lowest BCUT2D eigenvalue weighted by atomic mass is 10.0. The number of hydrogen-bond donors (Lipinski definition) is 1. The van der Waals surface area contributed by atoms with Gasteiger partial charge in [-0.1, -0.05) is 29.8 Å². The summed E-state index contributed by atoms with van der Waals surface area (Å²) in [4.78, 5) is 0. The predicted octanol–water partition coefficient (Wildman–Crippen LogP) is 3.33. The van der Waals surface area contributed by atoms with E-state index in [2.05, 4.69) is 30.4 Å². The second-order valence-electron chi connectivity index (χ2n) is 5.06. The summed E-state index contributed by atoms with van der Waals surface area (Å²) >= 11 is 0. The number of rotatable bonds is 7. The van der Waals surface area contributed by atoms with Crippen LogP contribution in [-0.4, -0.2) is 19.7 Å². The van der Waals surface area contributed by atoms with Crippen molar-refractivity contribution in [1.29, 1.82) is 0 Å². The monoisotopic (exact) mass is 245 g/mol. The van der Waals surface area contributed by atoms with Crippen LogP contribution >= 0.6 is 0 Å². The van der Waals surface area contributed by atoms with Gasteiger partial charge in [-0.05, 0) is 50.8 Å². The first kappa shape index (κ1) is 13.2. The molecule has 2 heteroatoms. The topological polar surface area (TPSA) is 21.3 Å². The molecule has 1 aromatic rings. The summed E-state index contributed by atoms with van der Waals surface area (Å²) in [7, 11) is 1.73. The molecule has 98 valence electrons. The Bertz CT molecular complexity index is 407. The largest absolute Gasteiger partial charge is 0.496 e. The molecule has 0 aliphatic heterocycles. The third-order valence-corrected chi connectivity index (χ3v) is 3.31. The van der Waals surface area contributed by atoms with Crippen LogP contribution in [0.3, 0.4) is 0 Å². The van der Waals surface area contributed by atoms with Gasteiger partial charge in [-0.2, -0.15) is 0 Å². The van der Waals surface area contributed by atoms with Gasteiger partial charge in [0.2, 0.25) is 0 Å². The number of benzene rings is 1. The van der Waals surface area contributed by atoms with E-state index in [1.54, 1.807) is 7.11 Å². The zero-order valence-corrected chi connectivity index (χ0v) is 11.4. The van der Waals surface area contributed by atoms with Crippen molar-refractivity contribution in [2.75, 3.05) is 13.7 Å². The number of methoxy groups -OCH3 is 1. The number of allylic oxidation sites excluding steroid dienone is 1. The molecular weight excluding hydrogens is 222 g/mol. The molecule has 0 saturated heterocycles. The highest BCUT2D eigenvalue weighted by Crippen LogP contribution is 2.21. The summed E-state index contributed by atoms with van der Waals surface area (Å²) in [5, 5.41) is 3.53. The third-order valence-electron chi connectivity index (χ3n) is 3.31. The van der Waals surface area contributed by atoms with Crippen LogP contribution in [0, 0.1) is 0 Å². The van der Waals surface area contributed by atoms with Crippen LogP contribution in [0.2, 0.25) is 0 Å². The lowest BCUT2D eigenvalue weighted by Gasteiger charge is -2.08. The molecule has 1 aliphatic rings. The number of para-hydroxylation sites is 1. The first-order chi connectivity index (χ1) is 8.79. The highest BCUT2D eigenvalue weighted by molar-refractivity contribution is 5.36. The molecule has 2 rings (SSSR count). The normalized spacial score (nSPS) is 15.8. The van der Waals surface area contributed by atoms with Gasteiger partial charge in [0.15, 0.2) is 0 Å².